The zero-order chi connectivity index (χ0) is 16.4. The predicted octanol–water partition coefficient (Wildman–Crippen LogP) is 3.06. The summed E-state index contributed by atoms with van der Waals surface area (Å²) < 4.78 is 19.9. The van der Waals surface area contributed by atoms with E-state index in [-0.39, 0.29) is 11.7 Å². The van der Waals surface area contributed by atoms with Crippen molar-refractivity contribution >= 4 is 5.91 Å². The number of furan rings is 1. The van der Waals surface area contributed by atoms with Crippen LogP contribution in [0.2, 0.25) is 0 Å². The third kappa shape index (κ3) is 3.31. The number of benzene rings is 1. The van der Waals surface area contributed by atoms with E-state index < -0.39 is 0 Å². The van der Waals surface area contributed by atoms with Crippen molar-refractivity contribution in [3.8, 4) is 11.5 Å². The van der Waals surface area contributed by atoms with E-state index in [0.717, 1.165) is 11.3 Å². The van der Waals surface area contributed by atoms with E-state index in [4.69, 9.17) is 4.42 Å². The Balaban J connectivity index is 1.72. The molecule has 1 N–H and O–H groups in total. The highest BCUT2D eigenvalue weighted by Crippen LogP contribution is 2.21. The summed E-state index contributed by atoms with van der Waals surface area (Å²) in [6, 6.07) is 11.3. The molecule has 0 aliphatic carbocycles. The van der Waals surface area contributed by atoms with Crippen LogP contribution in [0.1, 0.15) is 21.8 Å². The minimum Gasteiger partial charge on any atom is -0.460 e. The quantitative estimate of drug-likeness (QED) is 0.805. The zero-order valence-corrected chi connectivity index (χ0v) is 12.8. The molecule has 2 aromatic heterocycles. The number of hydrogen-bond acceptors (Lipinski definition) is 3. The van der Waals surface area contributed by atoms with Crippen LogP contribution in [0.3, 0.4) is 0 Å². The van der Waals surface area contributed by atoms with Crippen molar-refractivity contribution in [2.75, 3.05) is 0 Å². The molecule has 0 fully saturated rings. The van der Waals surface area contributed by atoms with Crippen molar-refractivity contribution in [2.24, 2.45) is 7.05 Å². The first-order chi connectivity index (χ1) is 11.0. The fourth-order valence-corrected chi connectivity index (χ4v) is 2.25. The number of aryl methyl sites for hydroxylation is 2. The van der Waals surface area contributed by atoms with Crippen molar-refractivity contribution in [3.63, 3.8) is 0 Å². The molecule has 0 unspecified atom stereocenters. The third-order valence-corrected chi connectivity index (χ3v) is 3.47. The molecule has 0 bridgehead atoms. The molecule has 6 heteroatoms. The smallest absolute Gasteiger partial charge is 0.269 e. The van der Waals surface area contributed by atoms with Gasteiger partial charge in [-0.25, -0.2) is 4.39 Å². The van der Waals surface area contributed by atoms with Gasteiger partial charge in [0.15, 0.2) is 5.76 Å². The van der Waals surface area contributed by atoms with E-state index in [9.17, 15) is 9.18 Å². The Morgan fingerprint density at radius 2 is 2.00 bits per heavy atom. The van der Waals surface area contributed by atoms with Crippen LogP contribution in [0.4, 0.5) is 4.39 Å². The molecule has 5 nitrogen and oxygen atoms in total. The van der Waals surface area contributed by atoms with E-state index in [2.05, 4.69) is 10.4 Å². The average Bonchev–Trinajstić information content (AvgIpc) is 3.12. The van der Waals surface area contributed by atoms with E-state index in [0.29, 0.717) is 23.7 Å². The molecular weight excluding hydrogens is 297 g/mol. The predicted molar refractivity (Wildman–Crippen MR) is 83.2 cm³/mol. The largest absolute Gasteiger partial charge is 0.460 e. The Labute approximate surface area is 132 Å². The van der Waals surface area contributed by atoms with Gasteiger partial charge in [-0.3, -0.25) is 9.48 Å². The molecule has 3 rings (SSSR count). The van der Waals surface area contributed by atoms with Crippen LogP contribution in [0.25, 0.3) is 11.5 Å². The molecular formula is C17H16FN3O2. The minimum atomic E-state index is -0.301. The van der Waals surface area contributed by atoms with E-state index >= 15 is 0 Å². The average molecular weight is 313 g/mol. The Hall–Kier alpha value is -2.89. The van der Waals surface area contributed by atoms with Gasteiger partial charge in [0, 0.05) is 19.7 Å². The number of rotatable bonds is 4. The van der Waals surface area contributed by atoms with Gasteiger partial charge < -0.3 is 9.73 Å². The van der Waals surface area contributed by atoms with Gasteiger partial charge in [0.05, 0.1) is 0 Å². The summed E-state index contributed by atoms with van der Waals surface area (Å²) in [6.07, 6.45) is 0. The van der Waals surface area contributed by atoms with Gasteiger partial charge in [-0.15, -0.1) is 0 Å². The maximum absolute atomic E-state index is 12.9. The Morgan fingerprint density at radius 3 is 2.65 bits per heavy atom. The SMILES string of the molecule is Cc1ccc(-c2cc(C(=O)NCc3ccc(F)cc3)n(C)n2)o1. The van der Waals surface area contributed by atoms with Crippen molar-refractivity contribution < 1.29 is 13.6 Å². The normalized spacial score (nSPS) is 10.7. The lowest BCUT2D eigenvalue weighted by Gasteiger charge is -2.05. The summed E-state index contributed by atoms with van der Waals surface area (Å²) in [4.78, 5) is 12.3. The Morgan fingerprint density at radius 1 is 1.26 bits per heavy atom. The molecule has 1 amide bonds. The lowest BCUT2D eigenvalue weighted by Crippen LogP contribution is -2.25. The maximum Gasteiger partial charge on any atom is 0.269 e. The lowest BCUT2D eigenvalue weighted by molar-refractivity contribution is 0.0941. The second-order valence-electron chi connectivity index (χ2n) is 5.26. The van der Waals surface area contributed by atoms with Gasteiger partial charge >= 0.3 is 0 Å². The lowest BCUT2D eigenvalue weighted by atomic mass is 10.2. The Bertz CT molecular complexity index is 834. The first kappa shape index (κ1) is 15.0. The fourth-order valence-electron chi connectivity index (χ4n) is 2.25. The molecule has 0 saturated carbocycles. The number of amides is 1. The van der Waals surface area contributed by atoms with Crippen LogP contribution >= 0.6 is 0 Å². The molecule has 23 heavy (non-hydrogen) atoms. The summed E-state index contributed by atoms with van der Waals surface area (Å²) in [5, 5.41) is 7.09. The first-order valence-electron chi connectivity index (χ1n) is 7.16. The van der Waals surface area contributed by atoms with Crippen LogP contribution < -0.4 is 5.32 Å². The summed E-state index contributed by atoms with van der Waals surface area (Å²) in [7, 11) is 1.70. The van der Waals surface area contributed by atoms with Gasteiger partial charge in [0.25, 0.3) is 5.91 Å². The van der Waals surface area contributed by atoms with E-state index in [1.54, 1.807) is 25.2 Å². The number of nitrogens with one attached hydrogen (secondary N) is 1. The number of aromatic nitrogens is 2. The van der Waals surface area contributed by atoms with Crippen LogP contribution in [0, 0.1) is 12.7 Å². The molecule has 0 aliphatic rings. The van der Waals surface area contributed by atoms with Gasteiger partial charge in [-0.2, -0.15) is 5.10 Å². The first-order valence-corrected chi connectivity index (χ1v) is 7.16. The summed E-state index contributed by atoms with van der Waals surface area (Å²) in [5.74, 6) is 0.854. The van der Waals surface area contributed by atoms with Gasteiger partial charge in [-0.1, -0.05) is 12.1 Å². The molecule has 0 radical (unpaired) electrons. The molecule has 0 spiro atoms. The van der Waals surface area contributed by atoms with Crippen LogP contribution in [-0.2, 0) is 13.6 Å². The van der Waals surface area contributed by atoms with Crippen LogP contribution in [0.15, 0.2) is 46.9 Å². The highest BCUT2D eigenvalue weighted by molar-refractivity contribution is 5.93. The fraction of sp³-hybridized carbons (Fsp3) is 0.176. The molecule has 0 atom stereocenters. The molecule has 0 aliphatic heterocycles. The van der Waals surface area contributed by atoms with Crippen molar-refractivity contribution in [2.45, 2.75) is 13.5 Å². The second-order valence-corrected chi connectivity index (χ2v) is 5.26. The van der Waals surface area contributed by atoms with Crippen LogP contribution in [-0.4, -0.2) is 15.7 Å². The molecule has 118 valence electrons. The molecule has 2 heterocycles. The second kappa shape index (κ2) is 6.08. The van der Waals surface area contributed by atoms with Crippen molar-refractivity contribution in [1.29, 1.82) is 0 Å². The number of carbonyl (C=O) groups excluding carboxylic acids is 1. The summed E-state index contributed by atoms with van der Waals surface area (Å²) in [5.41, 5.74) is 1.85. The standard InChI is InChI=1S/C17H16FN3O2/c1-11-3-8-16(23-11)14-9-15(21(2)20-14)17(22)19-10-12-4-6-13(18)7-5-12/h3-9H,10H2,1-2H3,(H,19,22). The zero-order valence-electron chi connectivity index (χ0n) is 12.8. The number of nitrogens with zero attached hydrogens (tertiary/aromatic N) is 2. The van der Waals surface area contributed by atoms with Gasteiger partial charge in [-0.05, 0) is 36.8 Å². The van der Waals surface area contributed by atoms with E-state index in [1.165, 1.54) is 16.8 Å². The summed E-state index contributed by atoms with van der Waals surface area (Å²) in [6.45, 7) is 2.17. The third-order valence-electron chi connectivity index (χ3n) is 3.47. The van der Waals surface area contributed by atoms with Gasteiger partial charge in [0.2, 0.25) is 0 Å². The highest BCUT2D eigenvalue weighted by atomic mass is 19.1. The minimum absolute atomic E-state index is 0.251. The van der Waals surface area contributed by atoms with E-state index in [1.807, 2.05) is 19.1 Å². The number of halogens is 1. The molecule has 1 aromatic carbocycles. The van der Waals surface area contributed by atoms with Gasteiger partial charge in [0.1, 0.15) is 23.0 Å². The van der Waals surface area contributed by atoms with Crippen molar-refractivity contribution in [3.05, 3.63) is 65.3 Å². The number of carbonyl (C=O) groups is 1. The highest BCUT2D eigenvalue weighted by Gasteiger charge is 2.15. The van der Waals surface area contributed by atoms with Crippen molar-refractivity contribution in [1.82, 2.24) is 15.1 Å². The topological polar surface area (TPSA) is 60.1 Å². The summed E-state index contributed by atoms with van der Waals surface area (Å²) >= 11 is 0. The van der Waals surface area contributed by atoms with Crippen LogP contribution in [0.5, 0.6) is 0 Å². The molecule has 3 aromatic rings. The Kier molecular flexibility index (Phi) is 3.97. The maximum atomic E-state index is 12.9. The molecule has 0 saturated heterocycles. The monoisotopic (exact) mass is 313 g/mol. The number of hydrogen-bond donors (Lipinski definition) is 1.